The van der Waals surface area contributed by atoms with Crippen LogP contribution in [0.25, 0.3) is 0 Å². The standard InChI is InChI=1S/C14H30N4/c1-3-14(4-2)16-9-11-18(12-10-16)17-7-5-13(15)6-8-17/h13-14H,3-12,15H2,1-2H3. The molecular weight excluding hydrogens is 224 g/mol. The van der Waals surface area contributed by atoms with Gasteiger partial charge < -0.3 is 5.73 Å². The molecule has 0 aromatic carbocycles. The van der Waals surface area contributed by atoms with Gasteiger partial charge in [-0.2, -0.15) is 0 Å². The molecule has 0 atom stereocenters. The van der Waals surface area contributed by atoms with E-state index >= 15 is 0 Å². The van der Waals surface area contributed by atoms with Crippen molar-refractivity contribution in [3.63, 3.8) is 0 Å². The van der Waals surface area contributed by atoms with Crippen molar-refractivity contribution in [1.82, 2.24) is 14.9 Å². The third-order valence-electron chi connectivity index (χ3n) is 4.67. The Kier molecular flexibility index (Phi) is 5.42. The fourth-order valence-electron chi connectivity index (χ4n) is 3.33. The third-order valence-corrected chi connectivity index (χ3v) is 4.67. The SMILES string of the molecule is CCC(CC)N1CCN(N2CCC(N)CC2)CC1. The van der Waals surface area contributed by atoms with Gasteiger partial charge in [0.15, 0.2) is 0 Å². The van der Waals surface area contributed by atoms with Crippen LogP contribution >= 0.6 is 0 Å². The Morgan fingerprint density at radius 1 is 0.889 bits per heavy atom. The van der Waals surface area contributed by atoms with Crippen LogP contribution in [0.4, 0.5) is 0 Å². The summed E-state index contributed by atoms with van der Waals surface area (Å²) in [4.78, 5) is 2.67. The molecule has 0 bridgehead atoms. The number of hydrogen-bond donors (Lipinski definition) is 1. The van der Waals surface area contributed by atoms with Gasteiger partial charge in [-0.15, -0.1) is 0 Å². The van der Waals surface area contributed by atoms with Gasteiger partial charge in [-0.3, -0.25) is 4.90 Å². The normalized spacial score (nSPS) is 26.0. The Labute approximate surface area is 112 Å². The first-order valence-corrected chi connectivity index (χ1v) is 7.74. The van der Waals surface area contributed by atoms with Crippen LogP contribution < -0.4 is 5.73 Å². The van der Waals surface area contributed by atoms with Gasteiger partial charge in [-0.05, 0) is 25.7 Å². The highest BCUT2D eigenvalue weighted by Gasteiger charge is 2.27. The van der Waals surface area contributed by atoms with E-state index in [-0.39, 0.29) is 0 Å². The number of nitrogens with two attached hydrogens (primary N) is 1. The first-order valence-electron chi connectivity index (χ1n) is 7.74. The van der Waals surface area contributed by atoms with Crippen molar-refractivity contribution < 1.29 is 0 Å². The van der Waals surface area contributed by atoms with Crippen LogP contribution in [0.15, 0.2) is 0 Å². The van der Waals surface area contributed by atoms with Crippen molar-refractivity contribution in [2.24, 2.45) is 5.73 Å². The molecule has 18 heavy (non-hydrogen) atoms. The molecule has 0 aliphatic carbocycles. The molecule has 0 aromatic rings. The average molecular weight is 254 g/mol. The van der Waals surface area contributed by atoms with Crippen molar-refractivity contribution in [1.29, 1.82) is 0 Å². The summed E-state index contributed by atoms with van der Waals surface area (Å²) >= 11 is 0. The summed E-state index contributed by atoms with van der Waals surface area (Å²) in [5, 5.41) is 5.10. The summed E-state index contributed by atoms with van der Waals surface area (Å²) in [5.41, 5.74) is 5.97. The maximum absolute atomic E-state index is 5.97. The predicted octanol–water partition coefficient (Wildman–Crippen LogP) is 1.13. The summed E-state index contributed by atoms with van der Waals surface area (Å²) < 4.78 is 0. The number of piperazine rings is 1. The molecule has 0 aromatic heterocycles. The first kappa shape index (κ1) is 14.3. The second kappa shape index (κ2) is 6.85. The summed E-state index contributed by atoms with van der Waals surface area (Å²) in [6.45, 7) is 11.8. The maximum atomic E-state index is 5.97. The van der Waals surface area contributed by atoms with Gasteiger partial charge >= 0.3 is 0 Å². The molecule has 0 amide bonds. The monoisotopic (exact) mass is 254 g/mol. The summed E-state index contributed by atoms with van der Waals surface area (Å²) in [6, 6.07) is 1.23. The van der Waals surface area contributed by atoms with Gasteiger partial charge in [0, 0.05) is 51.4 Å². The molecule has 2 fully saturated rings. The fourth-order valence-corrected chi connectivity index (χ4v) is 3.33. The van der Waals surface area contributed by atoms with Crippen LogP contribution in [-0.2, 0) is 0 Å². The van der Waals surface area contributed by atoms with Crippen LogP contribution in [0.3, 0.4) is 0 Å². The van der Waals surface area contributed by atoms with E-state index in [9.17, 15) is 0 Å². The lowest BCUT2D eigenvalue weighted by Gasteiger charge is -2.45. The number of hydrazine groups is 1. The largest absolute Gasteiger partial charge is 0.328 e. The molecule has 0 radical (unpaired) electrons. The maximum Gasteiger partial charge on any atom is 0.0261 e. The van der Waals surface area contributed by atoms with Gasteiger partial charge in [0.1, 0.15) is 0 Å². The molecule has 2 aliphatic heterocycles. The number of nitrogens with zero attached hydrogens (tertiary/aromatic N) is 3. The molecular formula is C14H30N4. The highest BCUT2D eigenvalue weighted by molar-refractivity contribution is 4.79. The Hall–Kier alpha value is -0.160. The molecule has 2 N–H and O–H groups in total. The minimum atomic E-state index is 0.437. The minimum Gasteiger partial charge on any atom is -0.328 e. The van der Waals surface area contributed by atoms with E-state index in [0.717, 1.165) is 32.0 Å². The molecule has 0 spiro atoms. The van der Waals surface area contributed by atoms with Crippen molar-refractivity contribution in [2.45, 2.75) is 51.6 Å². The van der Waals surface area contributed by atoms with Gasteiger partial charge in [0.25, 0.3) is 0 Å². The quantitative estimate of drug-likeness (QED) is 0.816. The van der Waals surface area contributed by atoms with E-state index in [1.54, 1.807) is 0 Å². The van der Waals surface area contributed by atoms with Gasteiger partial charge in [0.2, 0.25) is 0 Å². The van der Waals surface area contributed by atoms with Crippen molar-refractivity contribution in [3.8, 4) is 0 Å². The van der Waals surface area contributed by atoms with Crippen LogP contribution in [-0.4, -0.2) is 66.3 Å². The Bertz CT molecular complexity index is 226. The zero-order valence-electron chi connectivity index (χ0n) is 12.1. The van der Waals surface area contributed by atoms with Gasteiger partial charge in [0.05, 0.1) is 0 Å². The lowest BCUT2D eigenvalue weighted by Crippen LogP contribution is -2.57. The molecule has 2 rings (SSSR count). The van der Waals surface area contributed by atoms with E-state index in [2.05, 4.69) is 28.8 Å². The van der Waals surface area contributed by atoms with Crippen molar-refractivity contribution in [2.75, 3.05) is 39.3 Å². The zero-order valence-corrected chi connectivity index (χ0v) is 12.1. The third kappa shape index (κ3) is 3.44. The molecule has 2 heterocycles. The first-order chi connectivity index (χ1) is 8.74. The molecule has 4 nitrogen and oxygen atoms in total. The second-order valence-corrected chi connectivity index (χ2v) is 5.75. The highest BCUT2D eigenvalue weighted by atomic mass is 15.6. The van der Waals surface area contributed by atoms with Gasteiger partial charge in [-0.1, -0.05) is 13.8 Å². The van der Waals surface area contributed by atoms with E-state index in [0.29, 0.717) is 6.04 Å². The van der Waals surface area contributed by atoms with E-state index < -0.39 is 0 Å². The average Bonchev–Trinajstić information content (AvgIpc) is 2.42. The lowest BCUT2D eigenvalue weighted by atomic mass is 10.1. The van der Waals surface area contributed by atoms with E-state index in [1.807, 2.05) is 0 Å². The second-order valence-electron chi connectivity index (χ2n) is 5.75. The number of hydrogen-bond acceptors (Lipinski definition) is 4. The molecule has 4 heteroatoms. The number of rotatable bonds is 4. The Balaban J connectivity index is 1.76. The van der Waals surface area contributed by atoms with Crippen LogP contribution in [0, 0.1) is 0 Å². The highest BCUT2D eigenvalue weighted by Crippen LogP contribution is 2.16. The zero-order chi connectivity index (χ0) is 13.0. The Morgan fingerprint density at radius 2 is 1.39 bits per heavy atom. The van der Waals surface area contributed by atoms with Gasteiger partial charge in [-0.25, -0.2) is 10.0 Å². The van der Waals surface area contributed by atoms with Crippen LogP contribution in [0.1, 0.15) is 39.5 Å². The minimum absolute atomic E-state index is 0.437. The van der Waals surface area contributed by atoms with E-state index in [1.165, 1.54) is 39.0 Å². The molecule has 2 aliphatic rings. The van der Waals surface area contributed by atoms with Crippen LogP contribution in [0.2, 0.25) is 0 Å². The molecule has 2 saturated heterocycles. The molecule has 0 saturated carbocycles. The lowest BCUT2D eigenvalue weighted by molar-refractivity contribution is -0.0767. The Morgan fingerprint density at radius 3 is 1.89 bits per heavy atom. The van der Waals surface area contributed by atoms with E-state index in [4.69, 9.17) is 5.73 Å². The topological polar surface area (TPSA) is 35.7 Å². The predicted molar refractivity (Wildman–Crippen MR) is 76.3 cm³/mol. The molecule has 0 unspecified atom stereocenters. The van der Waals surface area contributed by atoms with Crippen molar-refractivity contribution >= 4 is 0 Å². The fraction of sp³-hybridized carbons (Fsp3) is 1.00. The molecule has 106 valence electrons. The smallest absolute Gasteiger partial charge is 0.0261 e. The summed E-state index contributed by atoms with van der Waals surface area (Å²) in [7, 11) is 0. The summed E-state index contributed by atoms with van der Waals surface area (Å²) in [5.74, 6) is 0. The summed E-state index contributed by atoms with van der Waals surface area (Å²) in [6.07, 6.45) is 4.89. The van der Waals surface area contributed by atoms with Crippen molar-refractivity contribution in [3.05, 3.63) is 0 Å². The van der Waals surface area contributed by atoms with Crippen LogP contribution in [0.5, 0.6) is 0 Å². The number of piperidine rings is 1.